The van der Waals surface area contributed by atoms with E-state index in [4.69, 9.17) is 24.4 Å². The molecule has 1 aromatic heterocycles. The lowest BCUT2D eigenvalue weighted by molar-refractivity contribution is -0.239. The maximum absolute atomic E-state index is 12.8. The summed E-state index contributed by atoms with van der Waals surface area (Å²) in [5.74, 6) is -1.77. The molecule has 12 heteroatoms. The maximum Gasteiger partial charge on any atom is 0.238 e. The van der Waals surface area contributed by atoms with E-state index in [2.05, 4.69) is 0 Å². The van der Waals surface area contributed by atoms with Gasteiger partial charge in [-0.05, 0) is 18.2 Å². The van der Waals surface area contributed by atoms with Gasteiger partial charge >= 0.3 is 0 Å². The van der Waals surface area contributed by atoms with Gasteiger partial charge in [-0.15, -0.1) is 0 Å². The third-order valence-electron chi connectivity index (χ3n) is 5.55. The van der Waals surface area contributed by atoms with Crippen molar-refractivity contribution in [1.82, 2.24) is 0 Å². The molecular weight excluding hydrogens is 454 g/mol. The summed E-state index contributed by atoms with van der Waals surface area (Å²) in [6, 6.07) is 5.10. The number of nitrogens with two attached hydrogens (primary N) is 1. The Morgan fingerprint density at radius 3 is 2.47 bits per heavy atom. The van der Waals surface area contributed by atoms with Crippen molar-refractivity contribution in [3.8, 4) is 40.1 Å². The monoisotopic (exact) mass is 477 g/mol. The molecule has 0 aliphatic carbocycles. The molecule has 0 bridgehead atoms. The fraction of sp³-hybridized carbons (Fsp3) is 0.318. The number of ether oxygens (including phenoxy) is 3. The predicted octanol–water partition coefficient (Wildman–Crippen LogP) is -0.270. The van der Waals surface area contributed by atoms with E-state index in [-0.39, 0.29) is 39.5 Å². The van der Waals surface area contributed by atoms with Crippen LogP contribution in [0.25, 0.3) is 22.3 Å². The minimum Gasteiger partial charge on any atom is -0.507 e. The van der Waals surface area contributed by atoms with E-state index >= 15 is 0 Å². The minimum absolute atomic E-state index is 0.0715. The molecule has 34 heavy (non-hydrogen) atoms. The Balaban J connectivity index is 1.77. The molecule has 2 heterocycles. The number of fused-ring (bicyclic) bond motifs is 1. The van der Waals surface area contributed by atoms with Crippen molar-refractivity contribution in [3.05, 3.63) is 40.6 Å². The van der Waals surface area contributed by atoms with Crippen molar-refractivity contribution in [1.29, 1.82) is 0 Å². The number of hydrogen-bond acceptors (Lipinski definition) is 12. The van der Waals surface area contributed by atoms with Gasteiger partial charge in [0.05, 0.1) is 19.8 Å². The normalized spacial score (nSPS) is 24.8. The van der Waals surface area contributed by atoms with Crippen LogP contribution in [-0.4, -0.2) is 75.0 Å². The van der Waals surface area contributed by atoms with Crippen molar-refractivity contribution in [3.63, 3.8) is 0 Å². The van der Waals surface area contributed by atoms with Crippen molar-refractivity contribution in [2.75, 3.05) is 13.7 Å². The molecule has 1 saturated heterocycles. The molecule has 1 aliphatic heterocycles. The van der Waals surface area contributed by atoms with Crippen LogP contribution < -0.4 is 20.6 Å². The summed E-state index contributed by atoms with van der Waals surface area (Å²) in [6.45, 7) is -0.610. The first-order valence-electron chi connectivity index (χ1n) is 10.1. The van der Waals surface area contributed by atoms with Gasteiger partial charge in [-0.25, -0.2) is 0 Å². The second-order valence-corrected chi connectivity index (χ2v) is 7.71. The molecule has 0 spiro atoms. The Bertz CT molecular complexity index is 1270. The zero-order chi connectivity index (χ0) is 24.7. The van der Waals surface area contributed by atoms with Crippen LogP contribution >= 0.6 is 0 Å². The summed E-state index contributed by atoms with van der Waals surface area (Å²) in [5, 5.41) is 59.7. The van der Waals surface area contributed by atoms with Crippen LogP contribution in [0, 0.1) is 0 Å². The van der Waals surface area contributed by atoms with E-state index in [1.807, 2.05) is 0 Å². The third-order valence-corrected chi connectivity index (χ3v) is 5.55. The van der Waals surface area contributed by atoms with Crippen LogP contribution in [-0.2, 0) is 4.74 Å². The number of aromatic hydroxyl groups is 3. The molecule has 5 atom stereocenters. The molecule has 0 unspecified atom stereocenters. The highest BCUT2D eigenvalue weighted by Crippen LogP contribution is 2.38. The van der Waals surface area contributed by atoms with Crippen LogP contribution in [0.3, 0.4) is 0 Å². The van der Waals surface area contributed by atoms with Crippen molar-refractivity contribution >= 4 is 11.0 Å². The molecule has 1 fully saturated rings. The van der Waals surface area contributed by atoms with Crippen LogP contribution in [0.2, 0.25) is 0 Å². The highest BCUT2D eigenvalue weighted by molar-refractivity contribution is 5.88. The average molecular weight is 477 g/mol. The summed E-state index contributed by atoms with van der Waals surface area (Å²) in [6.07, 6.45) is -5.39. The van der Waals surface area contributed by atoms with Gasteiger partial charge in [0.1, 0.15) is 40.8 Å². The SMILES string of the molecule is COc1cc(-c2oc3cc(O[C@H]4O[C@H](CO)[C@@H](O)[C@H](O)[C@H]4N)cc(O)c3c(=O)c2O)ccc1O. The van der Waals surface area contributed by atoms with E-state index < -0.39 is 54.2 Å². The topological polar surface area (TPSA) is 205 Å². The van der Waals surface area contributed by atoms with E-state index in [0.717, 1.165) is 6.07 Å². The van der Waals surface area contributed by atoms with E-state index in [1.54, 1.807) is 0 Å². The predicted molar refractivity (Wildman–Crippen MR) is 116 cm³/mol. The number of rotatable bonds is 5. The lowest BCUT2D eigenvalue weighted by Gasteiger charge is -2.40. The first-order chi connectivity index (χ1) is 16.2. The van der Waals surface area contributed by atoms with Gasteiger partial charge in [-0.1, -0.05) is 0 Å². The van der Waals surface area contributed by atoms with E-state index in [1.165, 1.54) is 31.4 Å². The molecule has 0 radical (unpaired) electrons. The van der Waals surface area contributed by atoms with Gasteiger partial charge in [0.2, 0.25) is 17.5 Å². The van der Waals surface area contributed by atoms with Crippen LogP contribution in [0.15, 0.2) is 39.5 Å². The van der Waals surface area contributed by atoms with E-state index in [9.17, 15) is 35.4 Å². The number of hydrogen-bond donors (Lipinski definition) is 7. The quantitative estimate of drug-likeness (QED) is 0.254. The van der Waals surface area contributed by atoms with Gasteiger partial charge < -0.3 is 55.0 Å². The fourth-order valence-electron chi connectivity index (χ4n) is 3.69. The molecule has 182 valence electrons. The molecule has 3 aromatic rings. The molecule has 0 amide bonds. The Morgan fingerprint density at radius 1 is 1.06 bits per heavy atom. The Hall–Kier alpha value is -3.55. The number of methoxy groups -OCH3 is 1. The second kappa shape index (κ2) is 9.00. The van der Waals surface area contributed by atoms with Crippen molar-refractivity contribution in [2.45, 2.75) is 30.6 Å². The summed E-state index contributed by atoms with van der Waals surface area (Å²) in [7, 11) is 1.33. The molecule has 8 N–H and O–H groups in total. The largest absolute Gasteiger partial charge is 0.507 e. The van der Waals surface area contributed by atoms with Gasteiger partial charge in [0, 0.05) is 17.7 Å². The lowest BCUT2D eigenvalue weighted by atomic mass is 9.98. The number of phenolic OH excluding ortho intramolecular Hbond substituents is 2. The second-order valence-electron chi connectivity index (χ2n) is 7.71. The fourth-order valence-corrected chi connectivity index (χ4v) is 3.69. The Labute approximate surface area is 191 Å². The summed E-state index contributed by atoms with van der Waals surface area (Å²) >= 11 is 0. The van der Waals surface area contributed by atoms with Gasteiger partial charge in [-0.3, -0.25) is 4.79 Å². The molecule has 0 saturated carbocycles. The number of benzene rings is 2. The number of aliphatic hydroxyl groups excluding tert-OH is 3. The van der Waals surface area contributed by atoms with Crippen molar-refractivity contribution in [2.24, 2.45) is 5.73 Å². The molecule has 12 nitrogen and oxygen atoms in total. The van der Waals surface area contributed by atoms with Crippen LogP contribution in [0.5, 0.6) is 28.7 Å². The average Bonchev–Trinajstić information content (AvgIpc) is 2.81. The van der Waals surface area contributed by atoms with E-state index in [0.29, 0.717) is 0 Å². The summed E-state index contributed by atoms with van der Waals surface area (Å²) in [4.78, 5) is 12.8. The standard InChI is InChI=1S/C22H23NO11/c1-31-12-4-8(2-3-10(12)25)21-20(30)18(28)15-11(26)5-9(6-13(15)33-21)32-22-16(23)19(29)17(27)14(7-24)34-22/h2-6,14,16-17,19,22,24-27,29-30H,7,23H2,1H3/t14-,16-,17-,19-,22+/m1/s1. The smallest absolute Gasteiger partial charge is 0.238 e. The first-order valence-corrected chi connectivity index (χ1v) is 10.1. The number of aliphatic hydroxyl groups is 3. The van der Waals surface area contributed by atoms with Gasteiger partial charge in [0.15, 0.2) is 17.3 Å². The third kappa shape index (κ3) is 3.97. The Kier molecular flexibility index (Phi) is 6.25. The zero-order valence-corrected chi connectivity index (χ0v) is 17.8. The molecular formula is C22H23NO11. The Morgan fingerprint density at radius 2 is 1.79 bits per heavy atom. The molecule has 4 rings (SSSR count). The van der Waals surface area contributed by atoms with Crippen molar-refractivity contribution < 1.29 is 49.3 Å². The lowest BCUT2D eigenvalue weighted by Crippen LogP contribution is -2.63. The van der Waals surface area contributed by atoms with Crippen LogP contribution in [0.1, 0.15) is 0 Å². The zero-order valence-electron chi connectivity index (χ0n) is 17.8. The summed E-state index contributed by atoms with van der Waals surface area (Å²) in [5.41, 5.74) is 4.99. The summed E-state index contributed by atoms with van der Waals surface area (Å²) < 4.78 is 21.7. The first kappa shape index (κ1) is 23.6. The maximum atomic E-state index is 12.8. The highest BCUT2D eigenvalue weighted by atomic mass is 16.7. The minimum atomic E-state index is -1.46. The van der Waals surface area contributed by atoms with Gasteiger partial charge in [-0.2, -0.15) is 0 Å². The number of phenols is 2. The highest BCUT2D eigenvalue weighted by Gasteiger charge is 2.43. The molecule has 1 aliphatic rings. The molecule has 2 aromatic carbocycles. The van der Waals surface area contributed by atoms with Crippen LogP contribution in [0.4, 0.5) is 0 Å². The van der Waals surface area contributed by atoms with Gasteiger partial charge in [0.25, 0.3) is 0 Å².